The fraction of sp³-hybridized carbons (Fsp3) is 0.938. The zero-order valence-electron chi connectivity index (χ0n) is 12.8. The van der Waals surface area contributed by atoms with Gasteiger partial charge in [0.1, 0.15) is 5.54 Å². The number of hydrogen-bond acceptors (Lipinski definition) is 4. The second kappa shape index (κ2) is 6.01. The smallest absolute Gasteiger partial charge is 0.122 e. The molecule has 0 spiro atoms. The molecule has 0 amide bonds. The first-order valence-corrected chi connectivity index (χ1v) is 8.40. The van der Waals surface area contributed by atoms with Gasteiger partial charge in [-0.25, -0.2) is 0 Å². The van der Waals surface area contributed by atoms with Crippen molar-refractivity contribution in [3.8, 4) is 6.07 Å². The third kappa shape index (κ3) is 2.86. The summed E-state index contributed by atoms with van der Waals surface area (Å²) in [4.78, 5) is 5.19. The van der Waals surface area contributed by atoms with Crippen molar-refractivity contribution in [1.29, 1.82) is 5.26 Å². The van der Waals surface area contributed by atoms with E-state index in [9.17, 15) is 5.26 Å². The van der Waals surface area contributed by atoms with Crippen LogP contribution >= 0.6 is 0 Å². The van der Waals surface area contributed by atoms with Gasteiger partial charge >= 0.3 is 0 Å². The third-order valence-corrected chi connectivity index (χ3v) is 5.31. The van der Waals surface area contributed by atoms with Crippen LogP contribution in [0.1, 0.15) is 39.0 Å². The van der Waals surface area contributed by atoms with Gasteiger partial charge in [0.25, 0.3) is 0 Å². The highest BCUT2D eigenvalue weighted by Gasteiger charge is 2.47. The summed E-state index contributed by atoms with van der Waals surface area (Å²) in [6.07, 6.45) is 6.27. The molecule has 3 aliphatic rings. The molecule has 0 aromatic carbocycles. The highest BCUT2D eigenvalue weighted by molar-refractivity contribution is 5.17. The second-order valence-electron chi connectivity index (χ2n) is 6.85. The first-order valence-electron chi connectivity index (χ1n) is 8.40. The number of nitrogens with one attached hydrogen (secondary N) is 1. The van der Waals surface area contributed by atoms with E-state index in [0.29, 0.717) is 5.92 Å². The minimum absolute atomic E-state index is 0.281. The van der Waals surface area contributed by atoms with E-state index in [4.69, 9.17) is 0 Å². The molecule has 3 fully saturated rings. The van der Waals surface area contributed by atoms with Crippen molar-refractivity contribution >= 4 is 0 Å². The van der Waals surface area contributed by atoms with Crippen LogP contribution in [0, 0.1) is 17.2 Å². The van der Waals surface area contributed by atoms with Gasteiger partial charge in [-0.05, 0) is 51.1 Å². The molecule has 0 aromatic heterocycles. The van der Waals surface area contributed by atoms with Gasteiger partial charge in [-0.2, -0.15) is 5.26 Å². The third-order valence-electron chi connectivity index (χ3n) is 5.31. The summed E-state index contributed by atoms with van der Waals surface area (Å²) < 4.78 is 0. The lowest BCUT2D eigenvalue weighted by atomic mass is 9.93. The van der Waals surface area contributed by atoms with Crippen LogP contribution in [0.5, 0.6) is 0 Å². The van der Waals surface area contributed by atoms with E-state index in [1.165, 1.54) is 45.3 Å². The molecule has 1 aliphatic carbocycles. The Morgan fingerprint density at radius 2 is 2.10 bits per heavy atom. The lowest BCUT2D eigenvalue weighted by molar-refractivity contribution is 0.0835. The molecule has 4 heteroatoms. The average molecular weight is 276 g/mol. The van der Waals surface area contributed by atoms with E-state index in [1.807, 2.05) is 0 Å². The van der Waals surface area contributed by atoms with Crippen molar-refractivity contribution < 1.29 is 0 Å². The Kier molecular flexibility index (Phi) is 4.30. The standard InChI is InChI=1S/C16H28N4/c1-2-7-18-16(12-17,14-5-6-14)13-19-9-10-20-8-3-4-15(20)11-19/h14-15,18H,2-11,13H2,1H3. The van der Waals surface area contributed by atoms with Crippen molar-refractivity contribution in [2.24, 2.45) is 5.92 Å². The second-order valence-corrected chi connectivity index (χ2v) is 6.85. The van der Waals surface area contributed by atoms with Gasteiger partial charge in [-0.1, -0.05) is 6.92 Å². The summed E-state index contributed by atoms with van der Waals surface area (Å²) in [5.41, 5.74) is -0.281. The van der Waals surface area contributed by atoms with Crippen molar-refractivity contribution in [2.45, 2.75) is 50.6 Å². The number of hydrogen-bond donors (Lipinski definition) is 1. The van der Waals surface area contributed by atoms with Gasteiger partial charge in [0.05, 0.1) is 6.07 Å². The number of piperazine rings is 1. The van der Waals surface area contributed by atoms with Gasteiger partial charge < -0.3 is 0 Å². The highest BCUT2D eigenvalue weighted by Crippen LogP contribution is 2.40. The fourth-order valence-corrected chi connectivity index (χ4v) is 3.97. The van der Waals surface area contributed by atoms with E-state index in [-0.39, 0.29) is 5.54 Å². The number of fused-ring (bicyclic) bond motifs is 1. The normalized spacial score (nSPS) is 30.7. The topological polar surface area (TPSA) is 42.3 Å². The predicted octanol–water partition coefficient (Wildman–Crippen LogP) is 1.44. The number of nitrogens with zero attached hydrogens (tertiary/aromatic N) is 3. The lowest BCUT2D eigenvalue weighted by Gasteiger charge is -2.41. The molecule has 2 unspecified atom stereocenters. The van der Waals surface area contributed by atoms with Gasteiger partial charge in [-0.15, -0.1) is 0 Å². The molecule has 0 radical (unpaired) electrons. The minimum atomic E-state index is -0.281. The Balaban J connectivity index is 1.62. The molecule has 0 aromatic rings. The van der Waals surface area contributed by atoms with Crippen LogP contribution < -0.4 is 5.32 Å². The molecule has 0 bridgehead atoms. The Labute approximate surface area is 123 Å². The summed E-state index contributed by atoms with van der Waals surface area (Å²) in [5.74, 6) is 0.584. The summed E-state index contributed by atoms with van der Waals surface area (Å²) in [5, 5.41) is 13.4. The molecule has 112 valence electrons. The fourth-order valence-electron chi connectivity index (χ4n) is 3.97. The molecule has 2 aliphatic heterocycles. The van der Waals surface area contributed by atoms with Crippen molar-refractivity contribution in [1.82, 2.24) is 15.1 Å². The predicted molar refractivity (Wildman–Crippen MR) is 80.4 cm³/mol. The number of nitriles is 1. The first kappa shape index (κ1) is 14.3. The maximum Gasteiger partial charge on any atom is 0.122 e. The highest BCUT2D eigenvalue weighted by atomic mass is 15.3. The van der Waals surface area contributed by atoms with Crippen LogP contribution in [-0.2, 0) is 0 Å². The Bertz CT molecular complexity index is 373. The van der Waals surface area contributed by atoms with Gasteiger partial charge in [0.2, 0.25) is 0 Å². The van der Waals surface area contributed by atoms with Crippen LogP contribution in [0.3, 0.4) is 0 Å². The molecule has 2 saturated heterocycles. The molecule has 4 nitrogen and oxygen atoms in total. The van der Waals surface area contributed by atoms with E-state index in [0.717, 1.165) is 32.1 Å². The zero-order chi connectivity index (χ0) is 14.0. The summed E-state index contributed by atoms with van der Waals surface area (Å²) >= 11 is 0. The van der Waals surface area contributed by atoms with Gasteiger partial charge in [0.15, 0.2) is 0 Å². The number of rotatable bonds is 6. The lowest BCUT2D eigenvalue weighted by Crippen LogP contribution is -2.59. The SMILES string of the molecule is CCCNC(C#N)(CN1CCN2CCCC2C1)C1CC1. The maximum atomic E-state index is 9.78. The van der Waals surface area contributed by atoms with Gasteiger partial charge in [-0.3, -0.25) is 15.1 Å². The van der Waals surface area contributed by atoms with E-state index < -0.39 is 0 Å². The average Bonchev–Trinajstić information content (AvgIpc) is 3.22. The van der Waals surface area contributed by atoms with Crippen LogP contribution in [0.15, 0.2) is 0 Å². The molecular formula is C16H28N4. The zero-order valence-corrected chi connectivity index (χ0v) is 12.8. The maximum absolute atomic E-state index is 9.78. The van der Waals surface area contributed by atoms with Crippen LogP contribution in [-0.4, -0.2) is 60.6 Å². The van der Waals surface area contributed by atoms with E-state index in [2.05, 4.69) is 28.1 Å². The quantitative estimate of drug-likeness (QED) is 0.797. The van der Waals surface area contributed by atoms with Crippen molar-refractivity contribution in [2.75, 3.05) is 39.3 Å². The molecule has 1 N–H and O–H groups in total. The summed E-state index contributed by atoms with van der Waals surface area (Å²) in [7, 11) is 0. The minimum Gasteiger partial charge on any atom is -0.298 e. The van der Waals surface area contributed by atoms with Crippen molar-refractivity contribution in [3.05, 3.63) is 0 Å². The largest absolute Gasteiger partial charge is 0.298 e. The molecule has 2 atom stereocenters. The van der Waals surface area contributed by atoms with E-state index in [1.54, 1.807) is 0 Å². The first-order chi connectivity index (χ1) is 9.77. The Morgan fingerprint density at radius 3 is 2.80 bits per heavy atom. The molecule has 20 heavy (non-hydrogen) atoms. The Hall–Kier alpha value is -0.630. The van der Waals surface area contributed by atoms with Gasteiger partial charge in [0, 0.05) is 32.2 Å². The van der Waals surface area contributed by atoms with Crippen LogP contribution in [0.4, 0.5) is 0 Å². The molecular weight excluding hydrogens is 248 g/mol. The monoisotopic (exact) mass is 276 g/mol. The molecule has 1 saturated carbocycles. The van der Waals surface area contributed by atoms with Crippen molar-refractivity contribution in [3.63, 3.8) is 0 Å². The summed E-state index contributed by atoms with van der Waals surface area (Å²) in [6.45, 7) is 8.87. The Morgan fingerprint density at radius 1 is 1.25 bits per heavy atom. The van der Waals surface area contributed by atoms with E-state index >= 15 is 0 Å². The van der Waals surface area contributed by atoms with Crippen LogP contribution in [0.2, 0.25) is 0 Å². The molecule has 3 rings (SSSR count). The molecule has 2 heterocycles. The summed E-state index contributed by atoms with van der Waals surface area (Å²) in [6, 6.07) is 3.41. The van der Waals surface area contributed by atoms with Crippen LogP contribution in [0.25, 0.3) is 0 Å².